The van der Waals surface area contributed by atoms with Crippen molar-refractivity contribution in [2.45, 2.75) is 31.9 Å². The lowest BCUT2D eigenvalue weighted by Gasteiger charge is -2.36. The van der Waals surface area contributed by atoms with Gasteiger partial charge in [-0.3, -0.25) is 9.69 Å². The minimum absolute atomic E-state index is 0. The van der Waals surface area contributed by atoms with Crippen LogP contribution in [0.4, 0.5) is 0 Å². The Hall–Kier alpha value is -1.33. The highest BCUT2D eigenvalue weighted by Gasteiger charge is 2.26. The van der Waals surface area contributed by atoms with E-state index >= 15 is 0 Å². The highest BCUT2D eigenvalue weighted by molar-refractivity contribution is 14.0. The number of halogens is 1. The molecule has 1 saturated carbocycles. The van der Waals surface area contributed by atoms with Crippen LogP contribution < -0.4 is 10.6 Å². The van der Waals surface area contributed by atoms with E-state index in [1.807, 2.05) is 6.92 Å². The fourth-order valence-electron chi connectivity index (χ4n) is 2.99. The van der Waals surface area contributed by atoms with Crippen molar-refractivity contribution in [1.29, 1.82) is 0 Å². The molecule has 0 bridgehead atoms. The first kappa shape index (κ1) is 22.0. The van der Waals surface area contributed by atoms with Gasteiger partial charge >= 0.3 is 0 Å². The van der Waals surface area contributed by atoms with Crippen molar-refractivity contribution >= 4 is 35.8 Å². The Bertz CT molecular complexity index is 598. The minimum Gasteiger partial charge on any atom is -0.467 e. The SMILES string of the molecule is CCNC(=NCC(O)c1ccco1)N1CCN(CC(=O)NC2CC2)CC1.I. The number of rotatable bonds is 7. The molecule has 1 amide bonds. The summed E-state index contributed by atoms with van der Waals surface area (Å²) >= 11 is 0. The van der Waals surface area contributed by atoms with Gasteiger partial charge in [0.15, 0.2) is 5.96 Å². The number of nitrogens with zero attached hydrogens (tertiary/aromatic N) is 3. The van der Waals surface area contributed by atoms with E-state index in [0.717, 1.165) is 51.5 Å². The smallest absolute Gasteiger partial charge is 0.234 e. The second-order valence-electron chi connectivity index (χ2n) is 6.83. The maximum atomic E-state index is 11.9. The van der Waals surface area contributed by atoms with Crippen LogP contribution in [0.1, 0.15) is 31.6 Å². The molecule has 0 aromatic carbocycles. The summed E-state index contributed by atoms with van der Waals surface area (Å²) in [5.41, 5.74) is 0. The second kappa shape index (κ2) is 10.9. The molecule has 2 fully saturated rings. The molecular formula is C18H30IN5O3. The van der Waals surface area contributed by atoms with E-state index in [0.29, 0.717) is 18.3 Å². The van der Waals surface area contributed by atoms with Crippen molar-refractivity contribution in [1.82, 2.24) is 20.4 Å². The van der Waals surface area contributed by atoms with Crippen molar-refractivity contribution in [3.63, 3.8) is 0 Å². The third-order valence-electron chi connectivity index (χ3n) is 4.60. The molecule has 0 spiro atoms. The fourth-order valence-corrected chi connectivity index (χ4v) is 2.99. The van der Waals surface area contributed by atoms with Crippen molar-refractivity contribution in [2.75, 3.05) is 45.8 Å². The largest absolute Gasteiger partial charge is 0.467 e. The molecule has 1 unspecified atom stereocenters. The van der Waals surface area contributed by atoms with Gasteiger partial charge in [0.25, 0.3) is 0 Å². The zero-order valence-electron chi connectivity index (χ0n) is 15.8. The van der Waals surface area contributed by atoms with Gasteiger partial charge in [-0.2, -0.15) is 0 Å². The number of carbonyl (C=O) groups is 1. The van der Waals surface area contributed by atoms with E-state index < -0.39 is 6.10 Å². The van der Waals surface area contributed by atoms with Crippen LogP contribution in [0.25, 0.3) is 0 Å². The molecule has 152 valence electrons. The van der Waals surface area contributed by atoms with Crippen LogP contribution in [0.2, 0.25) is 0 Å². The number of aliphatic hydroxyl groups excluding tert-OH is 1. The first-order valence-electron chi connectivity index (χ1n) is 9.42. The monoisotopic (exact) mass is 491 g/mol. The van der Waals surface area contributed by atoms with E-state index in [1.165, 1.54) is 0 Å². The minimum atomic E-state index is -0.744. The van der Waals surface area contributed by atoms with Crippen LogP contribution in [0.5, 0.6) is 0 Å². The quantitative estimate of drug-likeness (QED) is 0.297. The van der Waals surface area contributed by atoms with Crippen molar-refractivity contribution < 1.29 is 14.3 Å². The first-order valence-corrected chi connectivity index (χ1v) is 9.42. The van der Waals surface area contributed by atoms with Crippen LogP contribution in [0, 0.1) is 0 Å². The molecule has 1 aliphatic heterocycles. The fraction of sp³-hybridized carbons (Fsp3) is 0.667. The Morgan fingerprint density at radius 1 is 1.37 bits per heavy atom. The van der Waals surface area contributed by atoms with Gasteiger partial charge in [-0.1, -0.05) is 0 Å². The summed E-state index contributed by atoms with van der Waals surface area (Å²) in [6, 6.07) is 3.92. The molecule has 1 aromatic heterocycles. The van der Waals surface area contributed by atoms with Crippen LogP contribution in [0.3, 0.4) is 0 Å². The summed E-state index contributed by atoms with van der Waals surface area (Å²) in [6.07, 6.45) is 3.04. The van der Waals surface area contributed by atoms with Gasteiger partial charge in [-0.15, -0.1) is 24.0 Å². The number of hydrogen-bond acceptors (Lipinski definition) is 5. The van der Waals surface area contributed by atoms with Crippen molar-refractivity contribution in [2.24, 2.45) is 4.99 Å². The number of carbonyl (C=O) groups excluding carboxylic acids is 1. The Morgan fingerprint density at radius 3 is 2.70 bits per heavy atom. The lowest BCUT2D eigenvalue weighted by molar-refractivity contribution is -0.122. The van der Waals surface area contributed by atoms with Gasteiger partial charge in [0, 0.05) is 38.8 Å². The normalized spacial score (nSPS) is 19.3. The molecule has 8 nitrogen and oxygen atoms in total. The third-order valence-corrected chi connectivity index (χ3v) is 4.60. The second-order valence-corrected chi connectivity index (χ2v) is 6.83. The van der Waals surface area contributed by atoms with Gasteiger partial charge < -0.3 is 25.1 Å². The summed E-state index contributed by atoms with van der Waals surface area (Å²) in [5, 5.41) is 16.5. The molecule has 1 saturated heterocycles. The number of guanidine groups is 1. The van der Waals surface area contributed by atoms with E-state index in [4.69, 9.17) is 4.42 Å². The van der Waals surface area contributed by atoms with Gasteiger partial charge in [0.1, 0.15) is 11.9 Å². The molecule has 27 heavy (non-hydrogen) atoms. The number of hydrogen-bond donors (Lipinski definition) is 3. The summed E-state index contributed by atoms with van der Waals surface area (Å²) < 4.78 is 5.22. The van der Waals surface area contributed by atoms with Gasteiger partial charge in [0.2, 0.25) is 5.91 Å². The Labute approximate surface area is 177 Å². The van der Waals surface area contributed by atoms with E-state index in [-0.39, 0.29) is 36.4 Å². The number of aliphatic hydroxyl groups is 1. The highest BCUT2D eigenvalue weighted by Crippen LogP contribution is 2.18. The number of aliphatic imine (C=N–C) groups is 1. The van der Waals surface area contributed by atoms with Gasteiger partial charge in [-0.05, 0) is 31.9 Å². The number of amides is 1. The molecular weight excluding hydrogens is 461 g/mol. The maximum absolute atomic E-state index is 11.9. The summed E-state index contributed by atoms with van der Waals surface area (Å²) in [7, 11) is 0. The number of furan rings is 1. The molecule has 1 atom stereocenters. The number of piperazine rings is 1. The Morgan fingerprint density at radius 2 is 2.11 bits per heavy atom. The summed E-state index contributed by atoms with van der Waals surface area (Å²) in [5.74, 6) is 1.44. The van der Waals surface area contributed by atoms with E-state index in [2.05, 4.69) is 25.4 Å². The van der Waals surface area contributed by atoms with E-state index in [1.54, 1.807) is 18.4 Å². The van der Waals surface area contributed by atoms with Crippen LogP contribution in [-0.4, -0.2) is 78.6 Å². The van der Waals surface area contributed by atoms with Crippen LogP contribution in [-0.2, 0) is 4.79 Å². The Kier molecular flexibility index (Phi) is 8.84. The molecule has 3 rings (SSSR count). The molecule has 2 heterocycles. The lowest BCUT2D eigenvalue weighted by atomic mass is 10.3. The molecule has 1 aromatic rings. The average Bonchev–Trinajstić information content (AvgIpc) is 3.27. The summed E-state index contributed by atoms with van der Waals surface area (Å²) in [6.45, 7) is 6.76. The molecule has 2 aliphatic rings. The molecule has 0 radical (unpaired) electrons. The third kappa shape index (κ3) is 6.96. The molecule has 1 aliphatic carbocycles. The van der Waals surface area contributed by atoms with E-state index in [9.17, 15) is 9.90 Å². The van der Waals surface area contributed by atoms with Gasteiger partial charge in [-0.25, -0.2) is 4.99 Å². The maximum Gasteiger partial charge on any atom is 0.234 e. The zero-order chi connectivity index (χ0) is 18.4. The predicted molar refractivity (Wildman–Crippen MR) is 114 cm³/mol. The van der Waals surface area contributed by atoms with Crippen LogP contribution in [0.15, 0.2) is 27.8 Å². The predicted octanol–water partition coefficient (Wildman–Crippen LogP) is 0.793. The summed E-state index contributed by atoms with van der Waals surface area (Å²) in [4.78, 5) is 20.8. The number of nitrogens with one attached hydrogen (secondary N) is 2. The highest BCUT2D eigenvalue weighted by atomic mass is 127. The van der Waals surface area contributed by atoms with Crippen molar-refractivity contribution in [3.05, 3.63) is 24.2 Å². The van der Waals surface area contributed by atoms with Crippen LogP contribution >= 0.6 is 24.0 Å². The first-order chi connectivity index (χ1) is 12.7. The van der Waals surface area contributed by atoms with Crippen molar-refractivity contribution in [3.8, 4) is 0 Å². The topological polar surface area (TPSA) is 93.3 Å². The molecule has 9 heteroatoms. The average molecular weight is 491 g/mol. The Balaban J connectivity index is 0.00000261. The lowest BCUT2D eigenvalue weighted by Crippen LogP contribution is -2.54. The zero-order valence-corrected chi connectivity index (χ0v) is 18.1. The van der Waals surface area contributed by atoms with Gasteiger partial charge in [0.05, 0.1) is 19.4 Å². The standard InChI is InChI=1S/C18H29N5O3.HI/c1-2-19-18(20-12-15(24)16-4-3-11-26-16)23-9-7-22(8-10-23)13-17(25)21-14-5-6-14;/h3-4,11,14-15,24H,2,5-10,12-13H2,1H3,(H,19,20)(H,21,25);1H. The molecule has 3 N–H and O–H groups in total.